The van der Waals surface area contributed by atoms with Gasteiger partial charge in [0, 0.05) is 16.7 Å². The van der Waals surface area contributed by atoms with Crippen LogP contribution in [0, 0.1) is 0 Å². The van der Waals surface area contributed by atoms with Crippen molar-refractivity contribution < 1.29 is 9.53 Å². The van der Waals surface area contributed by atoms with Crippen molar-refractivity contribution >= 4 is 21.8 Å². The Morgan fingerprint density at radius 2 is 2.00 bits per heavy atom. The van der Waals surface area contributed by atoms with Crippen molar-refractivity contribution in [3.8, 4) is 11.6 Å². The first-order chi connectivity index (χ1) is 8.16. The molecule has 0 aliphatic heterocycles. The first-order valence-electron chi connectivity index (χ1n) is 4.85. The van der Waals surface area contributed by atoms with Gasteiger partial charge in [-0.2, -0.15) is 0 Å². The maximum absolute atomic E-state index is 11.2. The Balaban J connectivity index is 2.30. The van der Waals surface area contributed by atoms with Crippen LogP contribution in [0.4, 0.5) is 0 Å². The number of hydrogen-bond donors (Lipinski definition) is 1. The monoisotopic (exact) mass is 292 g/mol. The highest BCUT2D eigenvalue weighted by atomic mass is 79.9. The minimum atomic E-state index is -0.530. The highest BCUT2D eigenvalue weighted by Crippen LogP contribution is 2.24. The maximum atomic E-state index is 11.2. The van der Waals surface area contributed by atoms with Crippen molar-refractivity contribution in [3.63, 3.8) is 0 Å². The van der Waals surface area contributed by atoms with Crippen LogP contribution in [0.5, 0.6) is 11.6 Å². The predicted octanol–water partition coefficient (Wildman–Crippen LogP) is 2.74. The van der Waals surface area contributed by atoms with E-state index >= 15 is 0 Å². The number of para-hydroxylation sites is 1. The van der Waals surface area contributed by atoms with E-state index in [2.05, 4.69) is 20.9 Å². The Morgan fingerprint density at radius 1 is 1.24 bits per heavy atom. The van der Waals surface area contributed by atoms with Gasteiger partial charge < -0.3 is 10.5 Å². The van der Waals surface area contributed by atoms with Gasteiger partial charge in [0.2, 0.25) is 5.88 Å². The summed E-state index contributed by atoms with van der Waals surface area (Å²) in [6.45, 7) is 0. The average Bonchev–Trinajstić information content (AvgIpc) is 2.32. The third-order valence-electron chi connectivity index (χ3n) is 2.07. The summed E-state index contributed by atoms with van der Waals surface area (Å²) in [4.78, 5) is 15.2. The highest BCUT2D eigenvalue weighted by Gasteiger charge is 2.09. The summed E-state index contributed by atoms with van der Waals surface area (Å²) in [5.41, 5.74) is 5.58. The lowest BCUT2D eigenvalue weighted by Gasteiger charge is -2.07. The van der Waals surface area contributed by atoms with Crippen molar-refractivity contribution in [2.24, 2.45) is 5.73 Å². The smallest absolute Gasteiger partial charge is 0.252 e. The lowest BCUT2D eigenvalue weighted by atomic mass is 10.2. The molecule has 4 nitrogen and oxygen atoms in total. The standard InChI is InChI=1S/C12H9BrN2O2/c13-8-5-6-11(15-7-8)17-10-4-2-1-3-9(10)12(14)16/h1-7H,(H2,14,16). The fourth-order valence-corrected chi connectivity index (χ4v) is 1.53. The molecule has 1 heterocycles. The fraction of sp³-hybridized carbons (Fsp3) is 0. The zero-order chi connectivity index (χ0) is 12.3. The molecular weight excluding hydrogens is 284 g/mol. The van der Waals surface area contributed by atoms with Gasteiger partial charge in [0.05, 0.1) is 5.56 Å². The first kappa shape index (κ1) is 11.6. The van der Waals surface area contributed by atoms with Gasteiger partial charge in [-0.25, -0.2) is 4.98 Å². The molecule has 0 saturated heterocycles. The predicted molar refractivity (Wildman–Crippen MR) is 67.0 cm³/mol. The normalized spacial score (nSPS) is 9.94. The van der Waals surface area contributed by atoms with Crippen molar-refractivity contribution in [2.75, 3.05) is 0 Å². The number of nitrogens with zero attached hydrogens (tertiary/aromatic N) is 1. The van der Waals surface area contributed by atoms with Crippen molar-refractivity contribution in [1.29, 1.82) is 0 Å². The van der Waals surface area contributed by atoms with E-state index in [9.17, 15) is 4.79 Å². The summed E-state index contributed by atoms with van der Waals surface area (Å²) >= 11 is 3.28. The van der Waals surface area contributed by atoms with E-state index in [0.717, 1.165) is 4.47 Å². The Kier molecular flexibility index (Phi) is 3.39. The van der Waals surface area contributed by atoms with Crippen LogP contribution in [0.25, 0.3) is 0 Å². The van der Waals surface area contributed by atoms with Crippen molar-refractivity contribution in [1.82, 2.24) is 4.98 Å². The van der Waals surface area contributed by atoms with Gasteiger partial charge in [-0.15, -0.1) is 0 Å². The molecule has 0 aliphatic carbocycles. The number of ether oxygens (including phenoxy) is 1. The van der Waals surface area contributed by atoms with E-state index < -0.39 is 5.91 Å². The van der Waals surface area contributed by atoms with Crippen LogP contribution in [-0.4, -0.2) is 10.9 Å². The minimum Gasteiger partial charge on any atom is -0.438 e. The van der Waals surface area contributed by atoms with E-state index in [1.54, 1.807) is 42.6 Å². The molecule has 0 atom stereocenters. The van der Waals surface area contributed by atoms with Crippen LogP contribution >= 0.6 is 15.9 Å². The molecule has 0 aliphatic rings. The second kappa shape index (κ2) is 4.97. The summed E-state index contributed by atoms with van der Waals surface area (Å²) in [6, 6.07) is 10.3. The second-order valence-electron chi connectivity index (χ2n) is 3.28. The third-order valence-corrected chi connectivity index (χ3v) is 2.54. The number of benzene rings is 1. The molecule has 0 bridgehead atoms. The summed E-state index contributed by atoms with van der Waals surface area (Å²) in [6.07, 6.45) is 1.61. The van der Waals surface area contributed by atoms with E-state index in [1.807, 2.05) is 0 Å². The van der Waals surface area contributed by atoms with Gasteiger partial charge in [-0.3, -0.25) is 4.79 Å². The molecule has 0 radical (unpaired) electrons. The molecule has 0 saturated carbocycles. The third kappa shape index (κ3) is 2.82. The Morgan fingerprint density at radius 3 is 2.65 bits per heavy atom. The molecule has 2 rings (SSSR count). The van der Waals surface area contributed by atoms with Gasteiger partial charge >= 0.3 is 0 Å². The van der Waals surface area contributed by atoms with Crippen LogP contribution in [-0.2, 0) is 0 Å². The van der Waals surface area contributed by atoms with Gasteiger partial charge in [0.25, 0.3) is 5.91 Å². The molecule has 1 aromatic carbocycles. The Bertz CT molecular complexity index is 540. The summed E-state index contributed by atoms with van der Waals surface area (Å²) in [5.74, 6) is 0.273. The SMILES string of the molecule is NC(=O)c1ccccc1Oc1ccc(Br)cn1. The lowest BCUT2D eigenvalue weighted by molar-refractivity contribution is 0.0998. The molecule has 86 valence electrons. The molecule has 5 heteroatoms. The van der Waals surface area contributed by atoms with E-state index in [4.69, 9.17) is 10.5 Å². The van der Waals surface area contributed by atoms with Crippen LogP contribution in [0.1, 0.15) is 10.4 Å². The number of amides is 1. The number of hydrogen-bond acceptors (Lipinski definition) is 3. The number of nitrogens with two attached hydrogens (primary N) is 1. The van der Waals surface area contributed by atoms with Gasteiger partial charge in [0.1, 0.15) is 5.75 Å². The number of rotatable bonds is 3. The molecule has 2 N–H and O–H groups in total. The fourth-order valence-electron chi connectivity index (χ4n) is 1.29. The van der Waals surface area contributed by atoms with Gasteiger partial charge in [0.15, 0.2) is 0 Å². The summed E-state index contributed by atoms with van der Waals surface area (Å²) < 4.78 is 6.35. The molecule has 2 aromatic rings. The zero-order valence-electron chi connectivity index (χ0n) is 8.76. The van der Waals surface area contributed by atoms with Crippen LogP contribution in [0.15, 0.2) is 47.1 Å². The number of primary amides is 1. The highest BCUT2D eigenvalue weighted by molar-refractivity contribution is 9.10. The molecule has 1 aromatic heterocycles. The average molecular weight is 293 g/mol. The zero-order valence-corrected chi connectivity index (χ0v) is 10.3. The molecule has 17 heavy (non-hydrogen) atoms. The van der Waals surface area contributed by atoms with E-state index in [-0.39, 0.29) is 0 Å². The summed E-state index contributed by atoms with van der Waals surface area (Å²) in [5, 5.41) is 0. The molecule has 0 spiro atoms. The van der Waals surface area contributed by atoms with Crippen LogP contribution < -0.4 is 10.5 Å². The number of carbonyl (C=O) groups excluding carboxylic acids is 1. The topological polar surface area (TPSA) is 65.2 Å². The second-order valence-corrected chi connectivity index (χ2v) is 4.19. The quantitative estimate of drug-likeness (QED) is 0.946. The number of halogens is 1. The Labute approximate surface area is 107 Å². The van der Waals surface area contributed by atoms with E-state index in [1.165, 1.54) is 0 Å². The molecular formula is C12H9BrN2O2. The lowest BCUT2D eigenvalue weighted by Crippen LogP contribution is -2.12. The molecule has 0 unspecified atom stereocenters. The number of pyridine rings is 1. The van der Waals surface area contributed by atoms with Crippen LogP contribution in [0.3, 0.4) is 0 Å². The molecule has 1 amide bonds. The maximum Gasteiger partial charge on any atom is 0.252 e. The number of carbonyl (C=O) groups is 1. The van der Waals surface area contributed by atoms with Gasteiger partial charge in [-0.1, -0.05) is 12.1 Å². The number of aromatic nitrogens is 1. The van der Waals surface area contributed by atoms with Crippen LogP contribution in [0.2, 0.25) is 0 Å². The van der Waals surface area contributed by atoms with Crippen molar-refractivity contribution in [2.45, 2.75) is 0 Å². The summed E-state index contributed by atoms with van der Waals surface area (Å²) in [7, 11) is 0. The molecule has 0 fully saturated rings. The Hall–Kier alpha value is -1.88. The van der Waals surface area contributed by atoms with Gasteiger partial charge in [-0.05, 0) is 34.1 Å². The minimum absolute atomic E-state index is 0.331. The van der Waals surface area contributed by atoms with E-state index in [0.29, 0.717) is 17.2 Å². The van der Waals surface area contributed by atoms with Crippen molar-refractivity contribution in [3.05, 3.63) is 52.6 Å². The largest absolute Gasteiger partial charge is 0.438 e. The first-order valence-corrected chi connectivity index (χ1v) is 5.64.